The third-order valence-corrected chi connectivity index (χ3v) is 5.63. The predicted octanol–water partition coefficient (Wildman–Crippen LogP) is 3.83. The van der Waals surface area contributed by atoms with Crippen molar-refractivity contribution in [3.8, 4) is 5.75 Å². The van der Waals surface area contributed by atoms with Crippen LogP contribution in [0.25, 0.3) is 0 Å². The van der Waals surface area contributed by atoms with E-state index in [9.17, 15) is 27.6 Å². The van der Waals surface area contributed by atoms with E-state index in [1.54, 1.807) is 62.6 Å². The number of hydrogen-bond donors (Lipinski definition) is 2. The number of halogens is 3. The van der Waals surface area contributed by atoms with Crippen LogP contribution < -0.4 is 10.5 Å². The molecule has 0 saturated heterocycles. The molecule has 0 fully saturated rings. The summed E-state index contributed by atoms with van der Waals surface area (Å²) >= 11 is 0. The van der Waals surface area contributed by atoms with Crippen molar-refractivity contribution in [1.82, 2.24) is 9.96 Å². The lowest BCUT2D eigenvalue weighted by Crippen LogP contribution is -2.48. The van der Waals surface area contributed by atoms with E-state index in [-0.39, 0.29) is 41.6 Å². The molecule has 0 aromatic heterocycles. The zero-order chi connectivity index (χ0) is 29.4. The molecule has 0 aliphatic rings. The van der Waals surface area contributed by atoms with E-state index in [2.05, 4.69) is 4.84 Å². The average molecular weight is 557 g/mol. The van der Waals surface area contributed by atoms with Gasteiger partial charge in [0.2, 0.25) is 0 Å². The number of carbonyl (C=O) groups excluding carboxylic acids is 3. The summed E-state index contributed by atoms with van der Waals surface area (Å²) < 4.78 is 45.5. The Bertz CT molecular complexity index is 1360. The molecule has 2 amide bonds. The monoisotopic (exact) mass is 556 g/mol. The van der Waals surface area contributed by atoms with Gasteiger partial charge in [0.15, 0.2) is 0 Å². The van der Waals surface area contributed by atoms with Gasteiger partial charge in [-0.15, -0.1) is 0 Å². The van der Waals surface area contributed by atoms with Gasteiger partial charge in [0.1, 0.15) is 24.2 Å². The molecule has 0 aliphatic heterocycles. The van der Waals surface area contributed by atoms with Crippen molar-refractivity contribution in [1.29, 1.82) is 5.41 Å². The molecular formula is C28H27F3N4O5. The van der Waals surface area contributed by atoms with Crippen molar-refractivity contribution in [2.75, 3.05) is 20.7 Å². The van der Waals surface area contributed by atoms with Crippen LogP contribution in [0.1, 0.15) is 31.8 Å². The maximum atomic E-state index is 13.5. The van der Waals surface area contributed by atoms with Crippen molar-refractivity contribution in [3.63, 3.8) is 0 Å². The summed E-state index contributed by atoms with van der Waals surface area (Å²) in [7, 11) is 3.08. The number of rotatable bonds is 9. The van der Waals surface area contributed by atoms with Crippen LogP contribution in [0.5, 0.6) is 5.75 Å². The molecule has 0 heterocycles. The maximum absolute atomic E-state index is 13.5. The number of amidine groups is 1. The number of hydroxylamine groups is 2. The second-order valence-corrected chi connectivity index (χ2v) is 8.88. The molecule has 0 spiro atoms. The summed E-state index contributed by atoms with van der Waals surface area (Å²) in [4.78, 5) is 43.6. The molecule has 12 heteroatoms. The Hall–Kier alpha value is -4.87. The van der Waals surface area contributed by atoms with Crippen molar-refractivity contribution in [2.45, 2.75) is 18.6 Å². The average Bonchev–Trinajstić information content (AvgIpc) is 2.93. The standard InChI is InChI=1S/C28H27F3N4O5/c1-34(2)25(36)19-11-13-20(14-12-19)26(37)35(40-27(38)28(29,30)31)22(15-18-7-4-3-5-8-18)17-39-23-10-6-9-21(16-23)24(32)33/h3-14,16,22H,15,17H2,1-2H3,(H3,32,33)/t22-/m1/s1. The highest BCUT2D eigenvalue weighted by Gasteiger charge is 2.45. The van der Waals surface area contributed by atoms with Gasteiger partial charge in [-0.3, -0.25) is 15.0 Å². The van der Waals surface area contributed by atoms with Gasteiger partial charge in [-0.05, 0) is 48.4 Å². The van der Waals surface area contributed by atoms with Gasteiger partial charge in [-0.25, -0.2) is 4.79 Å². The lowest BCUT2D eigenvalue weighted by Gasteiger charge is -2.30. The molecule has 9 nitrogen and oxygen atoms in total. The molecule has 0 aliphatic carbocycles. The fourth-order valence-corrected chi connectivity index (χ4v) is 3.61. The highest BCUT2D eigenvalue weighted by atomic mass is 19.4. The first-order chi connectivity index (χ1) is 18.9. The summed E-state index contributed by atoms with van der Waals surface area (Å²) in [6, 6.07) is 18.7. The fourth-order valence-electron chi connectivity index (χ4n) is 3.61. The van der Waals surface area contributed by atoms with Gasteiger partial charge in [0.25, 0.3) is 11.8 Å². The summed E-state index contributed by atoms with van der Waals surface area (Å²) in [5.41, 5.74) is 6.62. The smallest absolute Gasteiger partial charge is 0.491 e. The summed E-state index contributed by atoms with van der Waals surface area (Å²) in [6.07, 6.45) is -5.42. The number of hydrogen-bond acceptors (Lipinski definition) is 6. The van der Waals surface area contributed by atoms with E-state index in [0.717, 1.165) is 0 Å². The molecule has 3 rings (SSSR count). The Morgan fingerprint density at radius 1 is 0.875 bits per heavy atom. The molecule has 1 atom stereocenters. The first-order valence-electron chi connectivity index (χ1n) is 11.9. The van der Waals surface area contributed by atoms with E-state index in [0.29, 0.717) is 16.2 Å². The van der Waals surface area contributed by atoms with Crippen LogP contribution in [-0.4, -0.2) is 66.5 Å². The van der Waals surface area contributed by atoms with E-state index in [1.807, 2.05) is 0 Å². The number of ether oxygens (including phenoxy) is 1. The number of nitrogen functional groups attached to an aromatic ring is 1. The number of alkyl halides is 3. The Morgan fingerprint density at radius 3 is 2.02 bits per heavy atom. The van der Waals surface area contributed by atoms with Gasteiger partial charge >= 0.3 is 12.1 Å². The van der Waals surface area contributed by atoms with Crippen molar-refractivity contribution in [2.24, 2.45) is 5.73 Å². The van der Waals surface area contributed by atoms with Crippen molar-refractivity contribution >= 4 is 23.6 Å². The summed E-state index contributed by atoms with van der Waals surface area (Å²) in [5, 5.41) is 7.95. The Balaban J connectivity index is 1.99. The highest BCUT2D eigenvalue weighted by Crippen LogP contribution is 2.23. The van der Waals surface area contributed by atoms with Crippen LogP contribution in [0, 0.1) is 5.41 Å². The predicted molar refractivity (Wildman–Crippen MR) is 140 cm³/mol. The zero-order valence-corrected chi connectivity index (χ0v) is 21.6. The zero-order valence-electron chi connectivity index (χ0n) is 21.6. The van der Waals surface area contributed by atoms with E-state index in [1.165, 1.54) is 35.2 Å². The number of nitrogens with one attached hydrogen (secondary N) is 1. The topological polar surface area (TPSA) is 126 Å². The second kappa shape index (κ2) is 12.8. The molecule has 210 valence electrons. The lowest BCUT2D eigenvalue weighted by atomic mass is 10.0. The van der Waals surface area contributed by atoms with Gasteiger partial charge in [-0.1, -0.05) is 42.5 Å². The van der Waals surface area contributed by atoms with Crippen LogP contribution in [0.3, 0.4) is 0 Å². The van der Waals surface area contributed by atoms with Gasteiger partial charge < -0.3 is 20.2 Å². The third-order valence-electron chi connectivity index (χ3n) is 5.63. The van der Waals surface area contributed by atoms with E-state index in [4.69, 9.17) is 15.9 Å². The fraction of sp³-hybridized carbons (Fsp3) is 0.214. The molecule has 3 N–H and O–H groups in total. The number of amides is 2. The minimum Gasteiger partial charge on any atom is -0.491 e. The van der Waals surface area contributed by atoms with Crippen LogP contribution in [0.2, 0.25) is 0 Å². The number of carbonyl (C=O) groups is 3. The van der Waals surface area contributed by atoms with Gasteiger partial charge in [-0.2, -0.15) is 18.2 Å². The Morgan fingerprint density at radius 2 is 1.48 bits per heavy atom. The quantitative estimate of drug-likeness (QED) is 0.235. The molecular weight excluding hydrogens is 529 g/mol. The number of nitrogens with two attached hydrogens (primary N) is 1. The molecule has 0 saturated carbocycles. The molecule has 0 unspecified atom stereocenters. The van der Waals surface area contributed by atoms with Gasteiger partial charge in [0.05, 0.1) is 0 Å². The van der Waals surface area contributed by atoms with Crippen LogP contribution in [0.15, 0.2) is 78.9 Å². The van der Waals surface area contributed by atoms with Gasteiger partial charge in [0, 0.05) is 30.8 Å². The Labute approximate surface area is 228 Å². The van der Waals surface area contributed by atoms with E-state index >= 15 is 0 Å². The minimum absolute atomic E-state index is 0.0404. The SMILES string of the molecule is CN(C)C(=O)c1ccc(C(=O)N(OC(=O)C(F)(F)F)[C@@H](COc2cccc(C(=N)N)c2)Cc2ccccc2)cc1. The van der Waals surface area contributed by atoms with Crippen LogP contribution in [0.4, 0.5) is 13.2 Å². The first kappa shape index (κ1) is 29.7. The normalized spacial score (nSPS) is 11.7. The lowest BCUT2D eigenvalue weighted by molar-refractivity contribution is -0.235. The van der Waals surface area contributed by atoms with Crippen molar-refractivity contribution in [3.05, 3.63) is 101 Å². The minimum atomic E-state index is -5.38. The molecule has 0 bridgehead atoms. The number of nitrogens with zero attached hydrogens (tertiary/aromatic N) is 2. The Kier molecular flexibility index (Phi) is 9.49. The summed E-state index contributed by atoms with van der Waals surface area (Å²) in [6.45, 7) is -0.385. The molecule has 3 aromatic carbocycles. The third kappa shape index (κ3) is 7.82. The summed E-state index contributed by atoms with van der Waals surface area (Å²) in [5.74, 6) is -3.98. The maximum Gasteiger partial charge on any atom is 0.493 e. The largest absolute Gasteiger partial charge is 0.493 e. The van der Waals surface area contributed by atoms with Crippen molar-refractivity contribution < 1.29 is 37.1 Å². The number of benzene rings is 3. The van der Waals surface area contributed by atoms with Crippen LogP contribution in [-0.2, 0) is 16.1 Å². The highest BCUT2D eigenvalue weighted by molar-refractivity contribution is 5.98. The molecule has 3 aromatic rings. The molecule has 0 radical (unpaired) electrons. The second-order valence-electron chi connectivity index (χ2n) is 8.88. The molecule has 40 heavy (non-hydrogen) atoms. The first-order valence-corrected chi connectivity index (χ1v) is 11.9. The van der Waals surface area contributed by atoms with Crippen LogP contribution >= 0.6 is 0 Å². The van der Waals surface area contributed by atoms with E-state index < -0.39 is 24.1 Å².